The molecule has 0 aromatic rings. The highest BCUT2D eigenvalue weighted by molar-refractivity contribution is 7.18. The molecule has 0 radical (unpaired) electrons. The Hall–Kier alpha value is 0.170. The highest BCUT2D eigenvalue weighted by atomic mass is 31.0. The van der Waals surface area contributed by atoms with E-state index in [2.05, 4.69) is 36.6 Å². The van der Waals surface area contributed by atoms with Gasteiger partial charge in [0.15, 0.2) is 0 Å². The maximum Gasteiger partial charge on any atom is -0.00558 e. The van der Waals surface area contributed by atoms with Gasteiger partial charge in [-0.2, -0.15) is 0 Å². The first-order chi connectivity index (χ1) is 5.09. The van der Waals surface area contributed by atoms with E-state index in [1.54, 1.807) is 0 Å². The molecule has 0 bridgehead atoms. The minimum Gasteiger partial charge on any atom is -0.130 e. The van der Waals surface area contributed by atoms with Crippen molar-refractivity contribution >= 4 is 9.24 Å². The molecule has 0 saturated heterocycles. The smallest absolute Gasteiger partial charge is 0.00558 e. The van der Waals surface area contributed by atoms with Gasteiger partial charge < -0.3 is 0 Å². The average Bonchev–Trinajstić information content (AvgIpc) is 1.98. The van der Waals surface area contributed by atoms with Crippen LogP contribution in [0.4, 0.5) is 0 Å². The van der Waals surface area contributed by atoms with Crippen molar-refractivity contribution in [1.29, 1.82) is 0 Å². The zero-order chi connectivity index (χ0) is 8.85. The summed E-state index contributed by atoms with van der Waals surface area (Å²) in [5, 5.41) is 0. The van der Waals surface area contributed by atoms with E-state index in [4.69, 9.17) is 0 Å². The normalized spacial score (nSPS) is 13.5. The molecule has 0 aliphatic carbocycles. The molecule has 0 aromatic carbocycles. The van der Waals surface area contributed by atoms with Crippen LogP contribution in [-0.2, 0) is 0 Å². The molecule has 0 amide bonds. The van der Waals surface area contributed by atoms with Gasteiger partial charge in [-0.25, -0.2) is 0 Å². The fraction of sp³-hybridized carbons (Fsp3) is 0.800. The Morgan fingerprint density at radius 1 is 1.45 bits per heavy atom. The van der Waals surface area contributed by atoms with Gasteiger partial charge in [0.05, 0.1) is 0 Å². The maximum atomic E-state index is 4.09. The molecular weight excluding hydrogens is 151 g/mol. The van der Waals surface area contributed by atoms with Crippen LogP contribution < -0.4 is 0 Å². The molecule has 11 heavy (non-hydrogen) atoms. The van der Waals surface area contributed by atoms with Gasteiger partial charge in [-0.3, -0.25) is 0 Å². The molecule has 1 heteroatoms. The van der Waals surface area contributed by atoms with Crippen molar-refractivity contribution in [3.8, 4) is 0 Å². The van der Waals surface area contributed by atoms with Gasteiger partial charge in [0, 0.05) is 0 Å². The highest BCUT2D eigenvalue weighted by Crippen LogP contribution is 2.23. The molecule has 0 heterocycles. The number of allylic oxidation sites excluding steroid dienone is 1. The predicted molar refractivity (Wildman–Crippen MR) is 57.0 cm³/mol. The van der Waals surface area contributed by atoms with Gasteiger partial charge in [0.2, 0.25) is 0 Å². The van der Waals surface area contributed by atoms with Crippen molar-refractivity contribution in [2.24, 2.45) is 5.92 Å². The third-order valence-corrected chi connectivity index (χ3v) is 2.85. The molecule has 0 spiro atoms. The minimum atomic E-state index is 0.634. The van der Waals surface area contributed by atoms with E-state index in [1.807, 2.05) is 0 Å². The summed E-state index contributed by atoms with van der Waals surface area (Å²) >= 11 is 0. The lowest BCUT2D eigenvalue weighted by Gasteiger charge is -2.17. The molecule has 0 aliphatic rings. The molecule has 66 valence electrons. The lowest BCUT2D eigenvalue weighted by atomic mass is 9.98. The lowest BCUT2D eigenvalue weighted by molar-refractivity contribution is 0.661. The lowest BCUT2D eigenvalue weighted by Crippen LogP contribution is -2.06. The van der Waals surface area contributed by atoms with Crippen molar-refractivity contribution in [3.05, 3.63) is 12.2 Å². The Kier molecular flexibility index (Phi) is 5.86. The van der Waals surface area contributed by atoms with Crippen molar-refractivity contribution in [3.63, 3.8) is 0 Å². The van der Waals surface area contributed by atoms with Crippen LogP contribution in [0.5, 0.6) is 0 Å². The molecule has 2 unspecified atom stereocenters. The van der Waals surface area contributed by atoms with Gasteiger partial charge in [0.25, 0.3) is 0 Å². The Bertz CT molecular complexity index is 116. The van der Waals surface area contributed by atoms with Crippen LogP contribution in [0.3, 0.4) is 0 Å². The van der Waals surface area contributed by atoms with E-state index >= 15 is 0 Å². The second kappa shape index (κ2) is 5.77. The van der Waals surface area contributed by atoms with Gasteiger partial charge in [0.1, 0.15) is 0 Å². The number of hydrogen-bond acceptors (Lipinski definition) is 0. The number of unbranched alkanes of at least 4 members (excludes halogenated alkanes) is 1. The Balaban J connectivity index is 3.64. The summed E-state index contributed by atoms with van der Waals surface area (Å²) in [5.41, 5.74) is 2.01. The summed E-state index contributed by atoms with van der Waals surface area (Å²) in [7, 11) is 2.89. The summed E-state index contributed by atoms with van der Waals surface area (Å²) < 4.78 is 0. The minimum absolute atomic E-state index is 0.634. The van der Waals surface area contributed by atoms with Gasteiger partial charge in [-0.15, -0.1) is 9.24 Å². The molecule has 0 aliphatic heterocycles. The third-order valence-electron chi connectivity index (χ3n) is 2.09. The topological polar surface area (TPSA) is 0 Å². The average molecular weight is 172 g/mol. The maximum absolute atomic E-state index is 4.09. The molecule has 0 N–H and O–H groups in total. The summed E-state index contributed by atoms with van der Waals surface area (Å²) in [6, 6.07) is 0. The van der Waals surface area contributed by atoms with Crippen molar-refractivity contribution in [2.75, 3.05) is 0 Å². The second-order valence-corrected chi connectivity index (χ2v) is 4.28. The summed E-state index contributed by atoms with van der Waals surface area (Å²) in [4.78, 5) is 0. The first kappa shape index (κ1) is 11.2. The quantitative estimate of drug-likeness (QED) is 0.439. The van der Waals surface area contributed by atoms with E-state index in [-0.39, 0.29) is 0 Å². The van der Waals surface area contributed by atoms with Crippen LogP contribution in [0.2, 0.25) is 0 Å². The van der Waals surface area contributed by atoms with E-state index < -0.39 is 0 Å². The van der Waals surface area contributed by atoms with E-state index in [9.17, 15) is 0 Å². The third kappa shape index (κ3) is 4.58. The van der Waals surface area contributed by atoms with Crippen molar-refractivity contribution < 1.29 is 0 Å². The molecule has 2 atom stereocenters. The Morgan fingerprint density at radius 2 is 2.00 bits per heavy atom. The zero-order valence-corrected chi connectivity index (χ0v) is 9.22. The predicted octanol–water partition coefficient (Wildman–Crippen LogP) is 3.63. The molecule has 0 fully saturated rings. The van der Waals surface area contributed by atoms with Crippen LogP contribution in [-0.4, -0.2) is 5.66 Å². The fourth-order valence-corrected chi connectivity index (χ4v) is 1.66. The summed E-state index contributed by atoms with van der Waals surface area (Å²) in [6.07, 6.45) is 3.88. The van der Waals surface area contributed by atoms with Crippen LogP contribution in [0.25, 0.3) is 0 Å². The number of rotatable bonds is 5. The number of hydrogen-bond donors (Lipinski definition) is 0. The van der Waals surface area contributed by atoms with E-state index in [0.717, 1.165) is 0 Å². The van der Waals surface area contributed by atoms with E-state index in [0.29, 0.717) is 11.6 Å². The molecule has 0 rings (SSSR count). The summed E-state index contributed by atoms with van der Waals surface area (Å²) in [5.74, 6) is 0.634. The highest BCUT2D eigenvalue weighted by Gasteiger charge is 2.08. The second-order valence-electron chi connectivity index (χ2n) is 3.48. The van der Waals surface area contributed by atoms with Gasteiger partial charge >= 0.3 is 0 Å². The monoisotopic (exact) mass is 172 g/mol. The molecule has 0 saturated carbocycles. The Morgan fingerprint density at radius 3 is 2.36 bits per heavy atom. The van der Waals surface area contributed by atoms with Gasteiger partial charge in [-0.05, 0) is 18.0 Å². The SMILES string of the molecule is C=C(C(C)C)C(P)CCCC. The molecule has 0 nitrogen and oxygen atoms in total. The van der Waals surface area contributed by atoms with Crippen LogP contribution in [0.1, 0.15) is 40.0 Å². The largest absolute Gasteiger partial charge is 0.130 e. The van der Waals surface area contributed by atoms with Crippen molar-refractivity contribution in [2.45, 2.75) is 45.7 Å². The van der Waals surface area contributed by atoms with Crippen LogP contribution >= 0.6 is 9.24 Å². The standard InChI is InChI=1S/C10H21P/c1-5-6-7-10(11)9(4)8(2)3/h8,10H,4-7,11H2,1-3H3. The molecule has 0 aromatic heterocycles. The first-order valence-electron chi connectivity index (χ1n) is 4.53. The zero-order valence-electron chi connectivity index (χ0n) is 8.06. The van der Waals surface area contributed by atoms with E-state index in [1.165, 1.54) is 24.8 Å². The summed E-state index contributed by atoms with van der Waals surface area (Å²) in [6.45, 7) is 10.7. The fourth-order valence-electron chi connectivity index (χ4n) is 1.04. The van der Waals surface area contributed by atoms with Crippen molar-refractivity contribution in [1.82, 2.24) is 0 Å². The Labute approximate surface area is 73.7 Å². The van der Waals surface area contributed by atoms with Gasteiger partial charge in [-0.1, -0.05) is 45.8 Å². The first-order valence-corrected chi connectivity index (χ1v) is 5.20. The molecular formula is C10H21P. The van der Waals surface area contributed by atoms with Crippen LogP contribution in [0.15, 0.2) is 12.2 Å². The van der Waals surface area contributed by atoms with Crippen LogP contribution in [0, 0.1) is 5.92 Å².